The largest absolute Gasteiger partial charge is 0.497 e. The second kappa shape index (κ2) is 7.12. The van der Waals surface area contributed by atoms with Crippen molar-refractivity contribution in [2.45, 2.75) is 13.0 Å². The fourth-order valence-electron chi connectivity index (χ4n) is 2.44. The highest BCUT2D eigenvalue weighted by Crippen LogP contribution is 2.32. The molecule has 0 radical (unpaired) electrons. The van der Waals surface area contributed by atoms with E-state index in [0.29, 0.717) is 28.6 Å². The van der Waals surface area contributed by atoms with Crippen molar-refractivity contribution in [3.8, 4) is 11.5 Å². The van der Waals surface area contributed by atoms with E-state index in [2.05, 4.69) is 15.3 Å². The molecule has 7 heteroatoms. The number of rotatable bonds is 5. The number of carbonyl (C=O) groups is 1. The van der Waals surface area contributed by atoms with Crippen molar-refractivity contribution in [1.29, 1.82) is 0 Å². The summed E-state index contributed by atoms with van der Waals surface area (Å²) in [6.07, 6.45) is 0. The van der Waals surface area contributed by atoms with Gasteiger partial charge in [0.25, 0.3) is 5.91 Å². The molecule has 1 unspecified atom stereocenters. The van der Waals surface area contributed by atoms with Crippen LogP contribution in [0.25, 0.3) is 0 Å². The molecule has 1 atom stereocenters. The number of hydrazone groups is 1. The van der Waals surface area contributed by atoms with Crippen LogP contribution in [0.3, 0.4) is 0 Å². The number of methoxy groups -OCH3 is 2. The minimum absolute atomic E-state index is 0.241. The summed E-state index contributed by atoms with van der Waals surface area (Å²) in [5.41, 5.74) is 1.77. The number of ether oxygens (including phenoxy) is 2. The lowest BCUT2D eigenvalue weighted by Crippen LogP contribution is -2.29. The normalized spacial score (nSPS) is 17.1. The fraction of sp³-hybridized carbons (Fsp3) is 0.222. The van der Waals surface area contributed by atoms with Crippen LogP contribution < -0.4 is 14.5 Å². The lowest BCUT2D eigenvalue weighted by molar-refractivity contribution is -0.117. The predicted molar refractivity (Wildman–Crippen MR) is 94.9 cm³/mol. The number of hydrogen-bond donors (Lipinski definition) is 0. The van der Waals surface area contributed by atoms with Gasteiger partial charge in [0.1, 0.15) is 17.2 Å². The molecule has 25 heavy (non-hydrogen) atoms. The zero-order valence-corrected chi connectivity index (χ0v) is 14.2. The molecule has 1 heterocycles. The number of nitrogens with zero attached hydrogens (tertiary/aromatic N) is 4. The van der Waals surface area contributed by atoms with Gasteiger partial charge in [0.05, 0.1) is 25.6 Å². The van der Waals surface area contributed by atoms with Crippen LogP contribution in [0.4, 0.5) is 11.4 Å². The van der Waals surface area contributed by atoms with Crippen molar-refractivity contribution in [2.75, 3.05) is 19.2 Å². The second-order valence-electron chi connectivity index (χ2n) is 5.38. The average Bonchev–Trinajstić information content (AvgIpc) is 2.94. The summed E-state index contributed by atoms with van der Waals surface area (Å²) in [6.45, 7) is 1.76. The van der Waals surface area contributed by atoms with Gasteiger partial charge in [0.2, 0.25) is 0 Å². The molecule has 0 saturated carbocycles. The van der Waals surface area contributed by atoms with Crippen molar-refractivity contribution < 1.29 is 14.3 Å². The molecular weight excluding hydrogens is 320 g/mol. The van der Waals surface area contributed by atoms with Gasteiger partial charge < -0.3 is 9.47 Å². The molecule has 3 rings (SSSR count). The molecule has 7 nitrogen and oxygen atoms in total. The number of anilines is 1. The van der Waals surface area contributed by atoms with Gasteiger partial charge in [-0.3, -0.25) is 4.79 Å². The standard InChI is InChI=1S/C18H18N4O3/c1-12-17(18(23)22(21-12)13-7-5-4-6-8-13)20-19-15-11-14(24-2)9-10-16(15)25-3/h4-11,17H,1-3H3. The lowest BCUT2D eigenvalue weighted by atomic mass is 10.2. The van der Waals surface area contributed by atoms with Gasteiger partial charge >= 0.3 is 0 Å². The molecule has 1 amide bonds. The Kier molecular flexibility index (Phi) is 4.74. The summed E-state index contributed by atoms with van der Waals surface area (Å²) >= 11 is 0. The Balaban J connectivity index is 1.85. The Labute approximate surface area is 145 Å². The Morgan fingerprint density at radius 2 is 1.84 bits per heavy atom. The molecule has 0 aliphatic carbocycles. The van der Waals surface area contributed by atoms with E-state index in [1.165, 1.54) is 5.01 Å². The van der Waals surface area contributed by atoms with Crippen LogP contribution in [0.5, 0.6) is 11.5 Å². The van der Waals surface area contributed by atoms with Crippen LogP contribution in [0, 0.1) is 0 Å². The van der Waals surface area contributed by atoms with Gasteiger partial charge in [0, 0.05) is 6.07 Å². The molecule has 0 bridgehead atoms. The molecule has 0 aromatic heterocycles. The van der Waals surface area contributed by atoms with E-state index in [9.17, 15) is 4.79 Å². The number of azo groups is 1. The van der Waals surface area contributed by atoms with Crippen molar-refractivity contribution in [1.82, 2.24) is 0 Å². The van der Waals surface area contributed by atoms with Crippen molar-refractivity contribution in [3.63, 3.8) is 0 Å². The molecule has 0 fully saturated rings. The Hall–Kier alpha value is -3.22. The molecule has 1 aliphatic heterocycles. The molecule has 0 saturated heterocycles. The number of hydrogen-bond acceptors (Lipinski definition) is 6. The smallest absolute Gasteiger partial charge is 0.280 e. The van der Waals surface area contributed by atoms with Crippen LogP contribution >= 0.6 is 0 Å². The number of para-hydroxylation sites is 1. The van der Waals surface area contributed by atoms with Crippen molar-refractivity contribution >= 4 is 23.0 Å². The van der Waals surface area contributed by atoms with E-state index in [1.807, 2.05) is 30.3 Å². The molecule has 0 N–H and O–H groups in total. The monoisotopic (exact) mass is 338 g/mol. The van der Waals surface area contributed by atoms with Crippen molar-refractivity contribution in [3.05, 3.63) is 48.5 Å². The third-order valence-electron chi connectivity index (χ3n) is 3.76. The zero-order valence-electron chi connectivity index (χ0n) is 14.2. The van der Waals surface area contributed by atoms with Gasteiger partial charge in [-0.25, -0.2) is 0 Å². The summed E-state index contributed by atoms with van der Waals surface area (Å²) in [5.74, 6) is 0.933. The van der Waals surface area contributed by atoms with Crippen LogP contribution in [-0.4, -0.2) is 31.9 Å². The summed E-state index contributed by atoms with van der Waals surface area (Å²) in [4.78, 5) is 12.6. The maximum Gasteiger partial charge on any atom is 0.280 e. The maximum atomic E-state index is 12.6. The van der Waals surface area contributed by atoms with E-state index in [4.69, 9.17) is 9.47 Å². The highest BCUT2D eigenvalue weighted by atomic mass is 16.5. The predicted octanol–water partition coefficient (Wildman–Crippen LogP) is 3.58. The van der Waals surface area contributed by atoms with E-state index in [-0.39, 0.29) is 5.91 Å². The first-order chi connectivity index (χ1) is 12.1. The minimum Gasteiger partial charge on any atom is -0.497 e. The third-order valence-corrected chi connectivity index (χ3v) is 3.76. The zero-order chi connectivity index (χ0) is 17.8. The number of carbonyl (C=O) groups excluding carboxylic acids is 1. The minimum atomic E-state index is -0.754. The first-order valence-corrected chi connectivity index (χ1v) is 7.71. The van der Waals surface area contributed by atoms with E-state index < -0.39 is 6.04 Å². The first kappa shape index (κ1) is 16.6. The van der Waals surface area contributed by atoms with Crippen LogP contribution in [0.2, 0.25) is 0 Å². The molecule has 1 aliphatic rings. The van der Waals surface area contributed by atoms with Crippen LogP contribution in [0.1, 0.15) is 6.92 Å². The van der Waals surface area contributed by atoms with Crippen molar-refractivity contribution in [2.24, 2.45) is 15.3 Å². The van der Waals surface area contributed by atoms with E-state index in [1.54, 1.807) is 39.3 Å². The van der Waals surface area contributed by atoms with Gasteiger partial charge in [-0.15, -0.1) is 0 Å². The Morgan fingerprint density at radius 3 is 2.52 bits per heavy atom. The first-order valence-electron chi connectivity index (χ1n) is 7.71. The average molecular weight is 338 g/mol. The Morgan fingerprint density at radius 1 is 1.08 bits per heavy atom. The van der Waals surface area contributed by atoms with Crippen LogP contribution in [0.15, 0.2) is 63.9 Å². The van der Waals surface area contributed by atoms with E-state index in [0.717, 1.165) is 0 Å². The molecule has 2 aromatic carbocycles. The van der Waals surface area contributed by atoms with Gasteiger partial charge in [0.15, 0.2) is 6.04 Å². The molecule has 128 valence electrons. The lowest BCUT2D eigenvalue weighted by Gasteiger charge is -2.12. The fourth-order valence-corrected chi connectivity index (χ4v) is 2.44. The summed E-state index contributed by atoms with van der Waals surface area (Å²) in [5, 5.41) is 14.0. The van der Waals surface area contributed by atoms with E-state index >= 15 is 0 Å². The second-order valence-corrected chi connectivity index (χ2v) is 5.38. The number of amides is 1. The third kappa shape index (κ3) is 3.35. The topological polar surface area (TPSA) is 75.8 Å². The summed E-state index contributed by atoms with van der Waals surface area (Å²) in [7, 11) is 3.11. The highest BCUT2D eigenvalue weighted by Gasteiger charge is 2.34. The van der Waals surface area contributed by atoms with Gasteiger partial charge in [-0.1, -0.05) is 18.2 Å². The summed E-state index contributed by atoms with van der Waals surface area (Å²) in [6, 6.07) is 13.7. The van der Waals surface area contributed by atoms with Gasteiger partial charge in [-0.2, -0.15) is 20.3 Å². The Bertz CT molecular complexity index is 833. The molecule has 2 aromatic rings. The molecule has 0 spiro atoms. The molecular formula is C18H18N4O3. The maximum absolute atomic E-state index is 12.6. The highest BCUT2D eigenvalue weighted by molar-refractivity contribution is 6.18. The number of benzene rings is 2. The van der Waals surface area contributed by atoms with Gasteiger partial charge in [-0.05, 0) is 31.2 Å². The SMILES string of the molecule is COc1ccc(OC)c(N=NC2C(=O)N(c3ccccc3)N=C2C)c1. The quantitative estimate of drug-likeness (QED) is 0.782. The summed E-state index contributed by atoms with van der Waals surface area (Å²) < 4.78 is 10.5. The van der Waals surface area contributed by atoms with Crippen LogP contribution in [-0.2, 0) is 4.79 Å².